The number of aryl methyl sites for hydroxylation is 1. The molecule has 1 heterocycles. The van der Waals surface area contributed by atoms with E-state index in [2.05, 4.69) is 49.3 Å². The molecule has 0 bridgehead atoms. The summed E-state index contributed by atoms with van der Waals surface area (Å²) in [5.41, 5.74) is 4.04. The summed E-state index contributed by atoms with van der Waals surface area (Å²) in [6.45, 7) is 6.70. The average Bonchev–Trinajstić information content (AvgIpc) is 2.38. The van der Waals surface area contributed by atoms with Crippen LogP contribution in [0.5, 0.6) is 0 Å². The molecule has 82 valence electrons. The number of rotatable bonds is 1. The molecule has 1 atom stereocenters. The van der Waals surface area contributed by atoms with E-state index < -0.39 is 0 Å². The zero-order valence-electron chi connectivity index (χ0n) is 9.88. The van der Waals surface area contributed by atoms with Crippen molar-refractivity contribution in [2.24, 2.45) is 5.92 Å². The molecule has 0 saturated carbocycles. The van der Waals surface area contributed by atoms with Gasteiger partial charge in [0.05, 0.1) is 11.4 Å². The number of benzene rings is 1. The summed E-state index contributed by atoms with van der Waals surface area (Å²) in [6, 6.07) is 6.73. The molecule has 0 aromatic heterocycles. The molecule has 0 amide bonds. The first-order chi connectivity index (χ1) is 7.20. The molecule has 1 aliphatic heterocycles. The van der Waals surface area contributed by atoms with Crippen LogP contribution in [0.25, 0.3) is 0 Å². The minimum atomic E-state index is 0.701. The monoisotopic (exact) mass is 204 g/mol. The molecule has 0 spiro atoms. The van der Waals surface area contributed by atoms with Crippen LogP contribution in [0.1, 0.15) is 19.4 Å². The Morgan fingerprint density at radius 2 is 2.27 bits per heavy atom. The minimum absolute atomic E-state index is 0.701. The zero-order valence-corrected chi connectivity index (χ0v) is 9.88. The molecule has 1 aromatic carbocycles. The molecule has 0 aliphatic carbocycles. The SMILES string of the molecule is CCc1ccc2c(c1)N(C)CC(C)CN2. The third-order valence-corrected chi connectivity index (χ3v) is 3.11. The van der Waals surface area contributed by atoms with E-state index in [0.29, 0.717) is 5.92 Å². The van der Waals surface area contributed by atoms with E-state index in [-0.39, 0.29) is 0 Å². The van der Waals surface area contributed by atoms with Crippen LogP contribution in [-0.4, -0.2) is 20.1 Å². The number of anilines is 2. The summed E-state index contributed by atoms with van der Waals surface area (Å²) in [6.07, 6.45) is 1.11. The first-order valence-electron chi connectivity index (χ1n) is 5.78. The Bertz CT molecular complexity index is 346. The third kappa shape index (κ3) is 2.09. The van der Waals surface area contributed by atoms with E-state index in [1.54, 1.807) is 0 Å². The van der Waals surface area contributed by atoms with Crippen molar-refractivity contribution in [3.63, 3.8) is 0 Å². The normalized spacial score (nSPS) is 20.5. The summed E-state index contributed by atoms with van der Waals surface area (Å²) in [5.74, 6) is 0.701. The molecule has 2 rings (SSSR count). The number of hydrogen-bond donors (Lipinski definition) is 1. The van der Waals surface area contributed by atoms with Crippen molar-refractivity contribution in [1.82, 2.24) is 0 Å². The lowest BCUT2D eigenvalue weighted by atomic mass is 10.1. The van der Waals surface area contributed by atoms with Gasteiger partial charge in [-0.25, -0.2) is 0 Å². The van der Waals surface area contributed by atoms with Crippen LogP contribution in [0.4, 0.5) is 11.4 Å². The Labute approximate surface area is 92.3 Å². The van der Waals surface area contributed by atoms with E-state index in [1.165, 1.54) is 16.9 Å². The van der Waals surface area contributed by atoms with E-state index in [1.807, 2.05) is 0 Å². The highest BCUT2D eigenvalue weighted by Gasteiger charge is 2.15. The Balaban J connectivity index is 2.36. The molecule has 1 aromatic rings. The van der Waals surface area contributed by atoms with Gasteiger partial charge >= 0.3 is 0 Å². The predicted molar refractivity (Wildman–Crippen MR) is 66.7 cm³/mol. The summed E-state index contributed by atoms with van der Waals surface area (Å²) < 4.78 is 0. The van der Waals surface area contributed by atoms with Gasteiger partial charge in [-0.15, -0.1) is 0 Å². The van der Waals surface area contributed by atoms with Crippen LogP contribution >= 0.6 is 0 Å². The molecule has 2 heteroatoms. The van der Waals surface area contributed by atoms with Gasteiger partial charge in [-0.3, -0.25) is 0 Å². The molecule has 1 unspecified atom stereocenters. The molecule has 15 heavy (non-hydrogen) atoms. The second kappa shape index (κ2) is 4.13. The van der Waals surface area contributed by atoms with Gasteiger partial charge in [0.2, 0.25) is 0 Å². The molecule has 0 saturated heterocycles. The van der Waals surface area contributed by atoms with E-state index >= 15 is 0 Å². The maximum absolute atomic E-state index is 3.51. The van der Waals surface area contributed by atoms with Gasteiger partial charge < -0.3 is 10.2 Å². The van der Waals surface area contributed by atoms with Crippen molar-refractivity contribution >= 4 is 11.4 Å². The molecule has 1 N–H and O–H groups in total. The molecule has 0 radical (unpaired) electrons. The van der Waals surface area contributed by atoms with Crippen LogP contribution in [0.15, 0.2) is 18.2 Å². The highest BCUT2D eigenvalue weighted by molar-refractivity contribution is 5.71. The minimum Gasteiger partial charge on any atom is -0.383 e. The average molecular weight is 204 g/mol. The third-order valence-electron chi connectivity index (χ3n) is 3.11. The van der Waals surface area contributed by atoms with Gasteiger partial charge in [0.1, 0.15) is 0 Å². The number of nitrogens with zero attached hydrogens (tertiary/aromatic N) is 1. The van der Waals surface area contributed by atoms with E-state index in [4.69, 9.17) is 0 Å². The van der Waals surface area contributed by atoms with Gasteiger partial charge in [-0.05, 0) is 30.0 Å². The van der Waals surface area contributed by atoms with Gasteiger partial charge in [0.25, 0.3) is 0 Å². The standard InChI is InChI=1S/C13H20N2/c1-4-11-5-6-12-13(7-11)15(3)9-10(2)8-14-12/h5-7,10,14H,4,8-9H2,1-3H3. The highest BCUT2D eigenvalue weighted by atomic mass is 15.1. The quantitative estimate of drug-likeness (QED) is 0.756. The topological polar surface area (TPSA) is 15.3 Å². The lowest BCUT2D eigenvalue weighted by Crippen LogP contribution is -2.24. The van der Waals surface area contributed by atoms with Gasteiger partial charge in [-0.2, -0.15) is 0 Å². The fraction of sp³-hybridized carbons (Fsp3) is 0.538. The van der Waals surface area contributed by atoms with Crippen LogP contribution in [0, 0.1) is 5.92 Å². The van der Waals surface area contributed by atoms with Crippen molar-refractivity contribution in [2.45, 2.75) is 20.3 Å². The lowest BCUT2D eigenvalue weighted by Gasteiger charge is -2.21. The first-order valence-corrected chi connectivity index (χ1v) is 5.78. The van der Waals surface area contributed by atoms with E-state index in [9.17, 15) is 0 Å². The summed E-state index contributed by atoms with van der Waals surface area (Å²) in [7, 11) is 2.18. The van der Waals surface area contributed by atoms with Gasteiger partial charge in [0.15, 0.2) is 0 Å². The van der Waals surface area contributed by atoms with Crippen LogP contribution in [-0.2, 0) is 6.42 Å². The first kappa shape index (κ1) is 10.3. The molecule has 0 fully saturated rings. The van der Waals surface area contributed by atoms with Crippen molar-refractivity contribution in [3.05, 3.63) is 23.8 Å². The molecular formula is C13H20N2. The van der Waals surface area contributed by atoms with Crippen molar-refractivity contribution in [3.8, 4) is 0 Å². The summed E-state index contributed by atoms with van der Waals surface area (Å²) >= 11 is 0. The van der Waals surface area contributed by atoms with Crippen LogP contribution in [0.3, 0.4) is 0 Å². The second-order valence-corrected chi connectivity index (χ2v) is 4.57. The largest absolute Gasteiger partial charge is 0.383 e. The van der Waals surface area contributed by atoms with Crippen LogP contribution < -0.4 is 10.2 Å². The second-order valence-electron chi connectivity index (χ2n) is 4.57. The molecular weight excluding hydrogens is 184 g/mol. The van der Waals surface area contributed by atoms with Gasteiger partial charge in [0, 0.05) is 20.1 Å². The number of hydrogen-bond acceptors (Lipinski definition) is 2. The Morgan fingerprint density at radius 1 is 1.47 bits per heavy atom. The van der Waals surface area contributed by atoms with Crippen molar-refractivity contribution in [1.29, 1.82) is 0 Å². The zero-order chi connectivity index (χ0) is 10.8. The summed E-state index contributed by atoms with van der Waals surface area (Å²) in [5, 5.41) is 3.51. The Morgan fingerprint density at radius 3 is 3.00 bits per heavy atom. The van der Waals surface area contributed by atoms with Gasteiger partial charge in [-0.1, -0.05) is 19.9 Å². The van der Waals surface area contributed by atoms with Crippen molar-refractivity contribution < 1.29 is 0 Å². The predicted octanol–water partition coefficient (Wildman–Crippen LogP) is 2.75. The lowest BCUT2D eigenvalue weighted by molar-refractivity contribution is 0.618. The maximum atomic E-state index is 3.51. The summed E-state index contributed by atoms with van der Waals surface area (Å²) in [4.78, 5) is 2.36. The van der Waals surface area contributed by atoms with Crippen LogP contribution in [0.2, 0.25) is 0 Å². The fourth-order valence-corrected chi connectivity index (χ4v) is 2.18. The van der Waals surface area contributed by atoms with Crippen molar-refractivity contribution in [2.75, 3.05) is 30.4 Å². The molecule has 2 nitrogen and oxygen atoms in total. The number of fused-ring (bicyclic) bond motifs is 1. The number of nitrogens with one attached hydrogen (secondary N) is 1. The fourth-order valence-electron chi connectivity index (χ4n) is 2.18. The highest BCUT2D eigenvalue weighted by Crippen LogP contribution is 2.29. The Hall–Kier alpha value is -1.18. The van der Waals surface area contributed by atoms with E-state index in [0.717, 1.165) is 19.5 Å². The smallest absolute Gasteiger partial charge is 0.0602 e. The maximum Gasteiger partial charge on any atom is 0.0602 e. The molecule has 1 aliphatic rings. The Kier molecular flexibility index (Phi) is 2.85.